The zero-order valence-electron chi connectivity index (χ0n) is 14.6. The van der Waals surface area contributed by atoms with E-state index in [-0.39, 0.29) is 16.7 Å². The topological polar surface area (TPSA) is 73.8 Å². The van der Waals surface area contributed by atoms with Gasteiger partial charge in [-0.05, 0) is 32.0 Å². The number of nitro groups is 1. The number of thioether (sulfide) groups is 1. The van der Waals surface area contributed by atoms with Gasteiger partial charge in [0, 0.05) is 34.0 Å². The van der Waals surface area contributed by atoms with Crippen LogP contribution in [0.15, 0.2) is 47.6 Å². The predicted octanol–water partition coefficient (Wildman–Crippen LogP) is 6.03. The van der Waals surface area contributed by atoms with Crippen molar-refractivity contribution in [3.05, 3.63) is 68.2 Å². The average molecular weight is 423 g/mol. The zero-order valence-corrected chi connectivity index (χ0v) is 16.9. The number of benzene rings is 2. The Labute approximate surface area is 170 Å². The van der Waals surface area contributed by atoms with Crippen LogP contribution in [0.2, 0.25) is 10.0 Å². The number of para-hydroxylation sites is 1. The molecule has 0 fully saturated rings. The highest BCUT2D eigenvalue weighted by molar-refractivity contribution is 7.98. The minimum absolute atomic E-state index is 0.0787. The average Bonchev–Trinajstić information content (AvgIpc) is 3.04. The van der Waals surface area contributed by atoms with Crippen LogP contribution < -0.4 is 0 Å². The van der Waals surface area contributed by atoms with E-state index in [0.29, 0.717) is 32.3 Å². The molecule has 0 N–H and O–H groups in total. The third-order valence-electron chi connectivity index (χ3n) is 3.90. The second kappa shape index (κ2) is 8.29. The van der Waals surface area contributed by atoms with E-state index in [1.165, 1.54) is 17.8 Å². The molecule has 0 saturated heterocycles. The minimum atomic E-state index is -0.373. The first-order valence-electron chi connectivity index (χ1n) is 8.14. The van der Waals surface area contributed by atoms with E-state index < -0.39 is 0 Å². The van der Waals surface area contributed by atoms with E-state index in [9.17, 15) is 10.1 Å². The molecular weight excluding hydrogens is 407 g/mol. The van der Waals surface area contributed by atoms with Gasteiger partial charge in [-0.2, -0.15) is 0 Å². The van der Waals surface area contributed by atoms with Crippen LogP contribution in [0.1, 0.15) is 25.5 Å². The highest BCUT2D eigenvalue weighted by Gasteiger charge is 2.20. The van der Waals surface area contributed by atoms with E-state index in [1.807, 2.05) is 24.5 Å². The van der Waals surface area contributed by atoms with Crippen molar-refractivity contribution in [2.45, 2.75) is 30.8 Å². The summed E-state index contributed by atoms with van der Waals surface area (Å²) < 4.78 is 1.97. The molecule has 0 aliphatic heterocycles. The van der Waals surface area contributed by atoms with Gasteiger partial charge in [-0.3, -0.25) is 14.7 Å². The Balaban J connectivity index is 1.94. The predicted molar refractivity (Wildman–Crippen MR) is 109 cm³/mol. The number of halogens is 2. The lowest BCUT2D eigenvalue weighted by Gasteiger charge is -2.14. The van der Waals surface area contributed by atoms with Gasteiger partial charge in [0.05, 0.1) is 9.95 Å². The highest BCUT2D eigenvalue weighted by Crippen LogP contribution is 2.35. The Hall–Kier alpha value is -2.09. The standard InChI is InChI=1S/C18H16Cl2N4O2S/c1-11(2)23-17(14-8-7-13(19)9-15(14)20)21-22-18(23)27-10-12-5-3-4-6-16(12)24(25)26/h3-9,11H,10H2,1-2H3. The number of rotatable bonds is 6. The van der Waals surface area contributed by atoms with Crippen molar-refractivity contribution < 1.29 is 4.92 Å². The molecule has 140 valence electrons. The number of aromatic nitrogens is 3. The van der Waals surface area contributed by atoms with Crippen molar-refractivity contribution in [3.63, 3.8) is 0 Å². The van der Waals surface area contributed by atoms with Gasteiger partial charge in [0.15, 0.2) is 11.0 Å². The lowest BCUT2D eigenvalue weighted by Crippen LogP contribution is -2.05. The summed E-state index contributed by atoms with van der Waals surface area (Å²) in [6.07, 6.45) is 0. The maximum absolute atomic E-state index is 11.2. The lowest BCUT2D eigenvalue weighted by atomic mass is 10.2. The Kier molecular flexibility index (Phi) is 6.04. The van der Waals surface area contributed by atoms with Crippen LogP contribution in [0, 0.1) is 10.1 Å². The SMILES string of the molecule is CC(C)n1c(SCc2ccccc2[N+](=O)[O-])nnc1-c1ccc(Cl)cc1Cl. The van der Waals surface area contributed by atoms with Crippen LogP contribution in [0.4, 0.5) is 5.69 Å². The van der Waals surface area contributed by atoms with Crippen LogP contribution in [0.5, 0.6) is 0 Å². The molecule has 0 radical (unpaired) electrons. The van der Waals surface area contributed by atoms with Gasteiger partial charge in [-0.15, -0.1) is 10.2 Å². The van der Waals surface area contributed by atoms with Gasteiger partial charge >= 0.3 is 0 Å². The van der Waals surface area contributed by atoms with Crippen molar-refractivity contribution in [3.8, 4) is 11.4 Å². The molecule has 0 bridgehead atoms. The van der Waals surface area contributed by atoms with Gasteiger partial charge in [0.25, 0.3) is 5.69 Å². The molecule has 9 heteroatoms. The van der Waals surface area contributed by atoms with Crippen LogP contribution in [0.3, 0.4) is 0 Å². The third-order valence-corrected chi connectivity index (χ3v) is 5.44. The van der Waals surface area contributed by atoms with E-state index in [1.54, 1.807) is 30.3 Å². The molecule has 3 rings (SSSR count). The van der Waals surface area contributed by atoms with E-state index >= 15 is 0 Å². The van der Waals surface area contributed by atoms with Crippen molar-refractivity contribution in [2.75, 3.05) is 0 Å². The molecule has 1 heterocycles. The summed E-state index contributed by atoms with van der Waals surface area (Å²) in [6, 6.07) is 12.0. The van der Waals surface area contributed by atoms with Crippen LogP contribution in [-0.4, -0.2) is 19.7 Å². The third kappa shape index (κ3) is 4.26. The molecule has 0 aliphatic rings. The molecule has 0 amide bonds. The summed E-state index contributed by atoms with van der Waals surface area (Å²) in [5.41, 5.74) is 1.47. The highest BCUT2D eigenvalue weighted by atomic mass is 35.5. The minimum Gasteiger partial charge on any atom is -0.299 e. The first-order valence-corrected chi connectivity index (χ1v) is 9.88. The Morgan fingerprint density at radius 3 is 2.59 bits per heavy atom. The molecule has 0 spiro atoms. The molecule has 2 aromatic carbocycles. The van der Waals surface area contributed by atoms with E-state index in [4.69, 9.17) is 23.2 Å². The molecule has 0 unspecified atom stereocenters. The summed E-state index contributed by atoms with van der Waals surface area (Å²) in [6.45, 7) is 4.04. The summed E-state index contributed by atoms with van der Waals surface area (Å²) in [4.78, 5) is 10.8. The first kappa shape index (κ1) is 19.7. The second-order valence-corrected chi connectivity index (χ2v) is 7.85. The van der Waals surface area contributed by atoms with Gasteiger partial charge in [0.1, 0.15) is 0 Å². The molecule has 0 aliphatic carbocycles. The Morgan fingerprint density at radius 1 is 1.19 bits per heavy atom. The van der Waals surface area contributed by atoms with E-state index in [2.05, 4.69) is 10.2 Å². The van der Waals surface area contributed by atoms with Crippen molar-refractivity contribution in [2.24, 2.45) is 0 Å². The fourth-order valence-corrected chi connectivity index (χ4v) is 4.21. The molecule has 0 saturated carbocycles. The Morgan fingerprint density at radius 2 is 1.93 bits per heavy atom. The van der Waals surface area contributed by atoms with Crippen LogP contribution in [0.25, 0.3) is 11.4 Å². The number of hydrogen-bond acceptors (Lipinski definition) is 5. The zero-order chi connectivity index (χ0) is 19.6. The normalized spacial score (nSPS) is 11.1. The fraction of sp³-hybridized carbons (Fsp3) is 0.222. The first-order chi connectivity index (χ1) is 12.9. The quantitative estimate of drug-likeness (QED) is 0.275. The molecule has 0 atom stereocenters. The Bertz CT molecular complexity index is 991. The summed E-state index contributed by atoms with van der Waals surface area (Å²) in [5.74, 6) is 1.05. The van der Waals surface area contributed by atoms with Crippen molar-refractivity contribution >= 4 is 40.7 Å². The molecule has 6 nitrogen and oxygen atoms in total. The number of hydrogen-bond donors (Lipinski definition) is 0. The smallest absolute Gasteiger partial charge is 0.273 e. The monoisotopic (exact) mass is 422 g/mol. The second-order valence-electron chi connectivity index (χ2n) is 6.07. The number of nitrogens with zero attached hydrogens (tertiary/aromatic N) is 4. The molecule has 3 aromatic rings. The van der Waals surface area contributed by atoms with Crippen molar-refractivity contribution in [1.82, 2.24) is 14.8 Å². The maximum Gasteiger partial charge on any atom is 0.273 e. The largest absolute Gasteiger partial charge is 0.299 e. The molecular formula is C18H16Cl2N4O2S. The van der Waals surface area contributed by atoms with Crippen LogP contribution in [-0.2, 0) is 5.75 Å². The summed E-state index contributed by atoms with van der Waals surface area (Å²) in [7, 11) is 0. The lowest BCUT2D eigenvalue weighted by molar-refractivity contribution is -0.385. The van der Waals surface area contributed by atoms with Gasteiger partial charge in [-0.1, -0.05) is 53.2 Å². The summed E-state index contributed by atoms with van der Waals surface area (Å²) in [5, 5.41) is 21.5. The van der Waals surface area contributed by atoms with Gasteiger partial charge < -0.3 is 0 Å². The fourth-order valence-electron chi connectivity index (χ4n) is 2.65. The van der Waals surface area contributed by atoms with Crippen molar-refractivity contribution in [1.29, 1.82) is 0 Å². The maximum atomic E-state index is 11.2. The molecule has 1 aromatic heterocycles. The van der Waals surface area contributed by atoms with E-state index in [0.717, 1.165) is 5.56 Å². The molecule has 27 heavy (non-hydrogen) atoms. The number of nitro benzene ring substituents is 1. The van der Waals surface area contributed by atoms with Gasteiger partial charge in [-0.25, -0.2) is 0 Å². The summed E-state index contributed by atoms with van der Waals surface area (Å²) >= 11 is 13.7. The van der Waals surface area contributed by atoms with Gasteiger partial charge in [0.2, 0.25) is 0 Å². The van der Waals surface area contributed by atoms with Crippen LogP contribution >= 0.6 is 35.0 Å².